The van der Waals surface area contributed by atoms with Gasteiger partial charge in [0.05, 0.1) is 6.61 Å². The number of halogens is 3. The Labute approximate surface area is 111 Å². The number of nitrogens with zero attached hydrogens (tertiary/aromatic N) is 1. The van der Waals surface area contributed by atoms with E-state index in [4.69, 9.17) is 4.74 Å². The molecule has 1 fully saturated rings. The second-order valence-electron chi connectivity index (χ2n) is 4.63. The van der Waals surface area contributed by atoms with Gasteiger partial charge >= 0.3 is 12.3 Å². The van der Waals surface area contributed by atoms with Gasteiger partial charge in [-0.3, -0.25) is 0 Å². The van der Waals surface area contributed by atoms with Crippen molar-refractivity contribution in [2.75, 3.05) is 26.2 Å². The third-order valence-electron chi connectivity index (χ3n) is 3.09. The Hall–Kier alpha value is -0.980. The van der Waals surface area contributed by atoms with E-state index in [1.165, 1.54) is 0 Å². The van der Waals surface area contributed by atoms with Crippen molar-refractivity contribution in [2.24, 2.45) is 0 Å². The molecule has 0 bridgehead atoms. The van der Waals surface area contributed by atoms with Crippen LogP contribution in [0.25, 0.3) is 0 Å². The number of carbonyl (C=O) groups is 1. The van der Waals surface area contributed by atoms with Crippen LogP contribution in [0.3, 0.4) is 0 Å². The van der Waals surface area contributed by atoms with E-state index in [1.54, 1.807) is 11.8 Å². The number of piperidine rings is 1. The van der Waals surface area contributed by atoms with E-state index < -0.39 is 12.6 Å². The number of carbonyl (C=O) groups excluding carboxylic acids is 1. The average Bonchev–Trinajstić information content (AvgIpc) is 2.34. The molecule has 1 aliphatic rings. The van der Waals surface area contributed by atoms with Gasteiger partial charge in [-0.05, 0) is 32.7 Å². The Morgan fingerprint density at radius 1 is 1.37 bits per heavy atom. The third-order valence-corrected chi connectivity index (χ3v) is 3.09. The van der Waals surface area contributed by atoms with Crippen LogP contribution >= 0.6 is 0 Å². The second kappa shape index (κ2) is 7.57. The lowest BCUT2D eigenvalue weighted by Gasteiger charge is -2.31. The molecule has 1 amide bonds. The zero-order chi connectivity index (χ0) is 14.3. The first-order valence-corrected chi connectivity index (χ1v) is 6.64. The summed E-state index contributed by atoms with van der Waals surface area (Å²) in [5.74, 6) is 0. The fraction of sp³-hybridized carbons (Fsp3) is 0.917. The Kier molecular flexibility index (Phi) is 6.41. The van der Waals surface area contributed by atoms with Gasteiger partial charge in [0.25, 0.3) is 0 Å². The molecule has 0 aromatic rings. The Morgan fingerprint density at radius 2 is 2.00 bits per heavy atom. The highest BCUT2D eigenvalue weighted by molar-refractivity contribution is 5.67. The van der Waals surface area contributed by atoms with Gasteiger partial charge in [-0.1, -0.05) is 0 Å². The van der Waals surface area contributed by atoms with Gasteiger partial charge in [0.15, 0.2) is 0 Å². The molecule has 0 aromatic carbocycles. The van der Waals surface area contributed by atoms with Crippen molar-refractivity contribution in [2.45, 2.75) is 44.8 Å². The number of hydrogen-bond donors (Lipinski definition) is 1. The van der Waals surface area contributed by atoms with Crippen LogP contribution in [0.15, 0.2) is 0 Å². The van der Waals surface area contributed by atoms with Crippen LogP contribution in [0.1, 0.15) is 32.6 Å². The molecule has 0 radical (unpaired) electrons. The molecule has 4 nitrogen and oxygen atoms in total. The number of nitrogens with one attached hydrogen (secondary N) is 1. The summed E-state index contributed by atoms with van der Waals surface area (Å²) in [6.07, 6.45) is -3.52. The molecule has 0 atom stereocenters. The lowest BCUT2D eigenvalue weighted by Crippen LogP contribution is -2.45. The molecule has 0 aromatic heterocycles. The summed E-state index contributed by atoms with van der Waals surface area (Å²) in [6.45, 7) is 3.66. The van der Waals surface area contributed by atoms with Gasteiger partial charge in [0.2, 0.25) is 0 Å². The normalized spacial score (nSPS) is 17.6. The summed E-state index contributed by atoms with van der Waals surface area (Å²) in [6, 6.07) is 0.193. The minimum atomic E-state index is -4.07. The Bertz CT molecular complexity index is 277. The summed E-state index contributed by atoms with van der Waals surface area (Å²) >= 11 is 0. The molecule has 0 unspecified atom stereocenters. The first kappa shape index (κ1) is 16.1. The molecule has 1 heterocycles. The average molecular weight is 282 g/mol. The molecular weight excluding hydrogens is 261 g/mol. The minimum absolute atomic E-state index is 0.0988. The van der Waals surface area contributed by atoms with E-state index in [-0.39, 0.29) is 18.6 Å². The van der Waals surface area contributed by atoms with Crippen molar-refractivity contribution in [1.82, 2.24) is 10.2 Å². The van der Waals surface area contributed by atoms with Crippen molar-refractivity contribution >= 4 is 6.09 Å². The monoisotopic (exact) mass is 282 g/mol. The maximum absolute atomic E-state index is 11.9. The number of ether oxygens (including phenoxy) is 1. The molecular formula is C12H21F3N2O2. The summed E-state index contributed by atoms with van der Waals surface area (Å²) in [7, 11) is 0. The first-order chi connectivity index (χ1) is 8.92. The number of alkyl halides is 3. The zero-order valence-electron chi connectivity index (χ0n) is 11.1. The fourth-order valence-electron chi connectivity index (χ4n) is 2.08. The molecule has 0 spiro atoms. The highest BCUT2D eigenvalue weighted by atomic mass is 19.4. The smallest absolute Gasteiger partial charge is 0.409 e. The van der Waals surface area contributed by atoms with Gasteiger partial charge in [-0.2, -0.15) is 13.2 Å². The van der Waals surface area contributed by atoms with Crippen LogP contribution in [0.2, 0.25) is 0 Å². The first-order valence-electron chi connectivity index (χ1n) is 6.64. The largest absolute Gasteiger partial charge is 0.450 e. The molecule has 7 heteroatoms. The van der Waals surface area contributed by atoms with E-state index in [9.17, 15) is 18.0 Å². The van der Waals surface area contributed by atoms with Gasteiger partial charge in [-0.15, -0.1) is 0 Å². The number of amides is 1. The van der Waals surface area contributed by atoms with Crippen molar-refractivity contribution < 1.29 is 22.7 Å². The highest BCUT2D eigenvalue weighted by Gasteiger charge is 2.27. The quantitative estimate of drug-likeness (QED) is 0.788. The Balaban J connectivity index is 2.11. The van der Waals surface area contributed by atoms with E-state index in [2.05, 4.69) is 5.32 Å². The topological polar surface area (TPSA) is 41.6 Å². The minimum Gasteiger partial charge on any atom is -0.450 e. The summed E-state index contributed by atoms with van der Waals surface area (Å²) in [4.78, 5) is 13.1. The van der Waals surface area contributed by atoms with E-state index >= 15 is 0 Å². The van der Waals surface area contributed by atoms with Gasteiger partial charge in [0, 0.05) is 25.6 Å². The fourth-order valence-corrected chi connectivity index (χ4v) is 2.08. The lowest BCUT2D eigenvalue weighted by molar-refractivity contribution is -0.135. The van der Waals surface area contributed by atoms with Crippen molar-refractivity contribution in [3.8, 4) is 0 Å². The van der Waals surface area contributed by atoms with Gasteiger partial charge in [-0.25, -0.2) is 4.79 Å². The van der Waals surface area contributed by atoms with Gasteiger partial charge < -0.3 is 15.0 Å². The predicted molar refractivity (Wildman–Crippen MR) is 64.9 cm³/mol. The highest BCUT2D eigenvalue weighted by Crippen LogP contribution is 2.21. The molecule has 0 saturated carbocycles. The Morgan fingerprint density at radius 3 is 2.53 bits per heavy atom. The second-order valence-corrected chi connectivity index (χ2v) is 4.63. The summed E-state index contributed by atoms with van der Waals surface area (Å²) < 4.78 is 40.7. The molecule has 1 saturated heterocycles. The number of likely N-dealkylation sites (tertiary alicyclic amines) is 1. The maximum atomic E-state index is 11.9. The number of rotatable bonds is 5. The predicted octanol–water partition coefficient (Wildman–Crippen LogP) is 2.54. The van der Waals surface area contributed by atoms with E-state index in [0.29, 0.717) is 26.2 Å². The summed E-state index contributed by atoms with van der Waals surface area (Å²) in [5, 5.41) is 3.11. The molecule has 1 rings (SSSR count). The van der Waals surface area contributed by atoms with Crippen molar-refractivity contribution in [3.63, 3.8) is 0 Å². The maximum Gasteiger partial charge on any atom is 0.409 e. The molecule has 1 N–H and O–H groups in total. The van der Waals surface area contributed by atoms with Crippen LogP contribution in [-0.2, 0) is 4.74 Å². The SMILES string of the molecule is CCOC(=O)N1CCC(NCCCC(F)(F)F)CC1. The van der Waals surface area contributed by atoms with E-state index in [1.807, 2.05) is 0 Å². The van der Waals surface area contributed by atoms with Crippen LogP contribution in [-0.4, -0.2) is 49.5 Å². The molecule has 1 aliphatic heterocycles. The van der Waals surface area contributed by atoms with E-state index in [0.717, 1.165) is 12.8 Å². The van der Waals surface area contributed by atoms with Crippen LogP contribution in [0.5, 0.6) is 0 Å². The molecule has 0 aliphatic carbocycles. The van der Waals surface area contributed by atoms with Crippen LogP contribution in [0.4, 0.5) is 18.0 Å². The zero-order valence-corrected chi connectivity index (χ0v) is 11.1. The standard InChI is InChI=1S/C12H21F3N2O2/c1-2-19-11(18)17-8-4-10(5-9-17)16-7-3-6-12(13,14)15/h10,16H,2-9H2,1H3. The third kappa shape index (κ3) is 6.66. The number of hydrogen-bond acceptors (Lipinski definition) is 3. The van der Waals surface area contributed by atoms with Crippen molar-refractivity contribution in [1.29, 1.82) is 0 Å². The molecule has 112 valence electrons. The summed E-state index contributed by atoms with van der Waals surface area (Å²) in [5.41, 5.74) is 0. The van der Waals surface area contributed by atoms with Crippen LogP contribution < -0.4 is 5.32 Å². The van der Waals surface area contributed by atoms with Gasteiger partial charge in [0.1, 0.15) is 0 Å². The van der Waals surface area contributed by atoms with Crippen molar-refractivity contribution in [3.05, 3.63) is 0 Å². The van der Waals surface area contributed by atoms with Crippen LogP contribution in [0, 0.1) is 0 Å². The molecule has 19 heavy (non-hydrogen) atoms. The lowest BCUT2D eigenvalue weighted by atomic mass is 10.1.